The van der Waals surface area contributed by atoms with Crippen LogP contribution in [0.3, 0.4) is 0 Å². The molecule has 1 heterocycles. The number of aromatic nitrogens is 1. The average molecular weight is 977 g/mol. The number of para-hydroxylation sites is 1. The Morgan fingerprint density at radius 1 is 0.247 bits per heavy atom. The van der Waals surface area contributed by atoms with Crippen molar-refractivity contribution in [2.24, 2.45) is 0 Å². The summed E-state index contributed by atoms with van der Waals surface area (Å²) in [6, 6.07) is 108. The minimum absolute atomic E-state index is 0.456. The summed E-state index contributed by atoms with van der Waals surface area (Å²) in [6.45, 7) is 0. The second-order valence-electron chi connectivity index (χ2n) is 20.8. The van der Waals surface area contributed by atoms with E-state index in [9.17, 15) is 0 Å². The van der Waals surface area contributed by atoms with Crippen LogP contribution in [0.4, 0.5) is 17.1 Å². The summed E-state index contributed by atoms with van der Waals surface area (Å²) in [4.78, 5) is 2.45. The van der Waals surface area contributed by atoms with Crippen LogP contribution in [-0.2, 0) is 5.41 Å². The molecule has 2 aliphatic carbocycles. The van der Waals surface area contributed by atoms with E-state index in [-0.39, 0.29) is 0 Å². The number of rotatable bonds is 7. The van der Waals surface area contributed by atoms with Gasteiger partial charge >= 0.3 is 0 Å². The van der Waals surface area contributed by atoms with E-state index in [1.54, 1.807) is 0 Å². The largest absolute Gasteiger partial charge is 0.310 e. The van der Waals surface area contributed by atoms with Gasteiger partial charge in [0, 0.05) is 33.2 Å². The highest BCUT2D eigenvalue weighted by molar-refractivity contribution is 6.12. The zero-order valence-electron chi connectivity index (χ0n) is 42.1. The van der Waals surface area contributed by atoms with Crippen molar-refractivity contribution >= 4 is 60.4 Å². The van der Waals surface area contributed by atoms with Gasteiger partial charge in [-0.2, -0.15) is 0 Å². The molecule has 0 saturated carbocycles. The molecule has 2 nitrogen and oxygen atoms in total. The minimum atomic E-state index is -0.456. The van der Waals surface area contributed by atoms with Gasteiger partial charge in [0.2, 0.25) is 0 Å². The van der Waals surface area contributed by atoms with Gasteiger partial charge in [0.05, 0.1) is 22.1 Å². The fourth-order valence-electron chi connectivity index (χ4n) is 13.3. The van der Waals surface area contributed by atoms with E-state index in [1.807, 2.05) is 0 Å². The van der Waals surface area contributed by atoms with Crippen molar-refractivity contribution in [3.8, 4) is 61.3 Å². The van der Waals surface area contributed by atoms with E-state index in [2.05, 4.69) is 301 Å². The molecule has 0 fully saturated rings. The Morgan fingerprint density at radius 2 is 0.727 bits per heavy atom. The summed E-state index contributed by atoms with van der Waals surface area (Å²) in [5.41, 5.74) is 24.1. The molecule has 2 aliphatic rings. The average Bonchev–Trinajstić information content (AvgIpc) is 4.25. The van der Waals surface area contributed by atoms with Crippen LogP contribution < -0.4 is 4.90 Å². The molecule has 0 N–H and O–H groups in total. The molecule has 0 amide bonds. The van der Waals surface area contributed by atoms with Crippen LogP contribution in [0.5, 0.6) is 0 Å². The van der Waals surface area contributed by atoms with Gasteiger partial charge in [0.1, 0.15) is 0 Å². The number of nitrogens with zero attached hydrogens (tertiary/aromatic N) is 2. The number of anilines is 3. The summed E-state index contributed by atoms with van der Waals surface area (Å²) >= 11 is 0. The lowest BCUT2D eigenvalue weighted by atomic mass is 9.70. The third-order valence-corrected chi connectivity index (χ3v) is 16.8. The summed E-state index contributed by atoms with van der Waals surface area (Å²) in [7, 11) is 0. The fraction of sp³-hybridized carbons (Fsp3) is 0.0133. The van der Waals surface area contributed by atoms with Gasteiger partial charge in [-0.15, -0.1) is 0 Å². The summed E-state index contributed by atoms with van der Waals surface area (Å²) < 4.78 is 2.43. The highest BCUT2D eigenvalue weighted by Gasteiger charge is 2.51. The van der Waals surface area contributed by atoms with Crippen LogP contribution in [-0.4, -0.2) is 4.57 Å². The van der Waals surface area contributed by atoms with Crippen molar-refractivity contribution < 1.29 is 0 Å². The Morgan fingerprint density at radius 3 is 1.44 bits per heavy atom. The lowest BCUT2D eigenvalue weighted by Gasteiger charge is -2.32. The van der Waals surface area contributed by atoms with Crippen molar-refractivity contribution in [2.45, 2.75) is 5.41 Å². The highest BCUT2D eigenvalue weighted by Crippen LogP contribution is 2.63. The van der Waals surface area contributed by atoms with Gasteiger partial charge in [0.25, 0.3) is 0 Å². The van der Waals surface area contributed by atoms with Gasteiger partial charge in [-0.05, 0) is 161 Å². The van der Waals surface area contributed by atoms with Gasteiger partial charge in [-0.1, -0.05) is 224 Å². The maximum Gasteiger partial charge on any atom is 0.0726 e. The normalized spacial score (nSPS) is 12.8. The zero-order valence-corrected chi connectivity index (χ0v) is 42.1. The molecule has 0 saturated heterocycles. The molecule has 13 aromatic carbocycles. The molecule has 1 aromatic heterocycles. The molecule has 14 aromatic rings. The van der Waals surface area contributed by atoms with Gasteiger partial charge in [-0.3, -0.25) is 0 Å². The number of hydrogen-bond donors (Lipinski definition) is 0. The first-order chi connectivity index (χ1) is 38.2. The molecular weight excluding hydrogens is 929 g/mol. The predicted octanol–water partition coefficient (Wildman–Crippen LogP) is 19.9. The molecule has 0 unspecified atom stereocenters. The van der Waals surface area contributed by atoms with Gasteiger partial charge in [0.15, 0.2) is 0 Å². The van der Waals surface area contributed by atoms with Crippen molar-refractivity contribution in [3.63, 3.8) is 0 Å². The minimum Gasteiger partial charge on any atom is -0.310 e. The molecular formula is C75H48N2. The summed E-state index contributed by atoms with van der Waals surface area (Å²) in [6.07, 6.45) is 0. The molecule has 77 heavy (non-hydrogen) atoms. The fourth-order valence-corrected chi connectivity index (χ4v) is 13.3. The lowest BCUT2D eigenvalue weighted by molar-refractivity contribution is 0.793. The molecule has 0 atom stereocenters. The number of hydrogen-bond acceptors (Lipinski definition) is 1. The number of benzene rings is 13. The highest BCUT2D eigenvalue weighted by atomic mass is 15.1. The first-order valence-corrected chi connectivity index (χ1v) is 26.7. The maximum atomic E-state index is 2.49. The Kier molecular flexibility index (Phi) is 9.58. The second kappa shape index (κ2) is 17.0. The van der Waals surface area contributed by atoms with Crippen molar-refractivity contribution in [2.75, 3.05) is 4.90 Å². The van der Waals surface area contributed by atoms with E-state index in [0.29, 0.717) is 0 Å². The maximum absolute atomic E-state index is 2.49. The van der Waals surface area contributed by atoms with E-state index in [1.165, 1.54) is 121 Å². The third kappa shape index (κ3) is 6.56. The molecule has 1 spiro atoms. The third-order valence-electron chi connectivity index (χ3n) is 16.8. The quantitative estimate of drug-likeness (QED) is 0.154. The predicted molar refractivity (Wildman–Crippen MR) is 323 cm³/mol. The Hall–Kier alpha value is -10.0. The molecule has 16 rings (SSSR count). The number of fused-ring (bicyclic) bond motifs is 15. The van der Waals surface area contributed by atoms with Crippen molar-refractivity contribution in [3.05, 3.63) is 313 Å². The standard InChI is InChI=1S/C75H48N2/c1-2-17-54-45-56(36-35-49(54)15-1)52-37-40-58(41-38-52)76(60-42-43-65-64-24-7-11-28-70(64)75(71(65)48-60)68-26-9-5-22-62(68)63-23-6-10-27-69(63)75)59-20-13-19-55(46-59)50-31-33-51(34-32-50)57-39-44-74-67(47-57)66-25-8-12-29-73(66)77(74)72-30-14-18-53-16-3-4-21-61(53)72/h1-48H. The SMILES string of the molecule is c1cc(-c2ccc(-c3ccc4c(c3)c3ccccc3n4-c3cccc4ccccc34)cc2)cc(N(c2ccc(-c3ccc4ccccc4c3)cc2)c2ccc3c(c2)C2(c4ccccc4-c4ccccc42)c2ccccc2-3)c1. The topological polar surface area (TPSA) is 8.17 Å². The molecule has 0 radical (unpaired) electrons. The second-order valence-corrected chi connectivity index (χ2v) is 20.8. The van der Waals surface area contributed by atoms with E-state index in [0.717, 1.165) is 22.6 Å². The summed E-state index contributed by atoms with van der Waals surface area (Å²) in [5, 5.41) is 7.47. The van der Waals surface area contributed by atoms with Crippen LogP contribution in [0, 0.1) is 0 Å². The monoisotopic (exact) mass is 976 g/mol. The smallest absolute Gasteiger partial charge is 0.0726 e. The zero-order chi connectivity index (χ0) is 50.6. The van der Waals surface area contributed by atoms with Crippen LogP contribution in [0.25, 0.3) is 105 Å². The van der Waals surface area contributed by atoms with Gasteiger partial charge < -0.3 is 9.47 Å². The van der Waals surface area contributed by atoms with Gasteiger partial charge in [-0.25, -0.2) is 0 Å². The molecule has 0 aliphatic heterocycles. The van der Waals surface area contributed by atoms with Crippen LogP contribution in [0.15, 0.2) is 291 Å². The first-order valence-electron chi connectivity index (χ1n) is 26.7. The van der Waals surface area contributed by atoms with Crippen LogP contribution >= 0.6 is 0 Å². The Bertz CT molecular complexity index is 4620. The summed E-state index contributed by atoms with van der Waals surface area (Å²) in [5.74, 6) is 0. The molecule has 0 bridgehead atoms. The lowest BCUT2D eigenvalue weighted by Crippen LogP contribution is -2.26. The van der Waals surface area contributed by atoms with E-state index >= 15 is 0 Å². The molecule has 358 valence electrons. The Labute approximate surface area is 447 Å². The van der Waals surface area contributed by atoms with Crippen LogP contribution in [0.2, 0.25) is 0 Å². The van der Waals surface area contributed by atoms with E-state index < -0.39 is 5.41 Å². The van der Waals surface area contributed by atoms with E-state index in [4.69, 9.17) is 0 Å². The first kappa shape index (κ1) is 43.4. The Balaban J connectivity index is 0.810. The van der Waals surface area contributed by atoms with Crippen molar-refractivity contribution in [1.82, 2.24) is 4.57 Å². The van der Waals surface area contributed by atoms with Crippen LogP contribution in [0.1, 0.15) is 22.3 Å². The molecule has 2 heteroatoms. The van der Waals surface area contributed by atoms with Crippen molar-refractivity contribution in [1.29, 1.82) is 0 Å².